The Bertz CT molecular complexity index is 718. The Labute approximate surface area is 133 Å². The molecule has 118 valence electrons. The topological polar surface area (TPSA) is 49.4 Å². The van der Waals surface area contributed by atoms with Crippen LogP contribution in [-0.4, -0.2) is 24.9 Å². The molecule has 0 aliphatic carbocycles. The Morgan fingerprint density at radius 3 is 2.57 bits per heavy atom. The predicted molar refractivity (Wildman–Crippen MR) is 85.6 cm³/mol. The molecule has 5 heteroatoms. The van der Waals surface area contributed by atoms with Gasteiger partial charge in [-0.1, -0.05) is 30.3 Å². The largest absolute Gasteiger partial charge is 0.352 e. The summed E-state index contributed by atoms with van der Waals surface area (Å²) in [6.45, 7) is 0.905. The highest BCUT2D eigenvalue weighted by atomic mass is 19.1. The van der Waals surface area contributed by atoms with E-state index in [4.69, 9.17) is 0 Å². The summed E-state index contributed by atoms with van der Waals surface area (Å²) in [7, 11) is 0. The number of hydrogen-bond donors (Lipinski definition) is 1. The molecule has 0 bridgehead atoms. The Hall–Kier alpha value is -2.69. The summed E-state index contributed by atoms with van der Waals surface area (Å²) in [4.78, 5) is 25.8. The molecule has 3 rings (SSSR count). The zero-order chi connectivity index (χ0) is 16.2. The molecule has 1 fully saturated rings. The first-order chi connectivity index (χ1) is 11.1. The van der Waals surface area contributed by atoms with Crippen LogP contribution in [0.1, 0.15) is 16.8 Å². The molecule has 1 aliphatic rings. The summed E-state index contributed by atoms with van der Waals surface area (Å²) in [6.07, 6.45) is 0.381. The van der Waals surface area contributed by atoms with Gasteiger partial charge in [-0.15, -0.1) is 0 Å². The van der Waals surface area contributed by atoms with Crippen LogP contribution in [0.5, 0.6) is 0 Å². The van der Waals surface area contributed by atoms with E-state index in [1.165, 1.54) is 12.1 Å². The van der Waals surface area contributed by atoms with Crippen LogP contribution < -0.4 is 10.2 Å². The second kappa shape index (κ2) is 6.60. The molecule has 0 aromatic heterocycles. The molecular weight excluding hydrogens is 295 g/mol. The van der Waals surface area contributed by atoms with Gasteiger partial charge in [0.25, 0.3) is 5.91 Å². The lowest BCUT2D eigenvalue weighted by Crippen LogP contribution is -2.31. The third kappa shape index (κ3) is 3.39. The van der Waals surface area contributed by atoms with Crippen molar-refractivity contribution in [2.75, 3.05) is 18.0 Å². The fourth-order valence-electron chi connectivity index (χ4n) is 2.75. The normalized spacial score (nSPS) is 17.3. The molecule has 0 spiro atoms. The summed E-state index contributed by atoms with van der Waals surface area (Å²) in [5, 5.41) is 2.72. The zero-order valence-corrected chi connectivity index (χ0v) is 12.5. The van der Waals surface area contributed by atoms with Crippen LogP contribution in [0.15, 0.2) is 54.6 Å². The van der Waals surface area contributed by atoms with Crippen LogP contribution in [-0.2, 0) is 4.79 Å². The minimum atomic E-state index is -0.543. The van der Waals surface area contributed by atoms with Crippen LogP contribution in [0.25, 0.3) is 0 Å². The Morgan fingerprint density at radius 2 is 1.83 bits per heavy atom. The third-order valence-electron chi connectivity index (χ3n) is 3.94. The Morgan fingerprint density at radius 1 is 1.13 bits per heavy atom. The predicted octanol–water partition coefficient (Wildman–Crippen LogP) is 2.61. The number of halogens is 1. The smallest absolute Gasteiger partial charge is 0.254 e. The summed E-state index contributed by atoms with van der Waals surface area (Å²) in [6, 6.07) is 15.3. The van der Waals surface area contributed by atoms with Crippen molar-refractivity contribution in [2.24, 2.45) is 5.92 Å². The number of nitrogens with zero attached hydrogens (tertiary/aromatic N) is 1. The van der Waals surface area contributed by atoms with Crippen molar-refractivity contribution in [3.05, 3.63) is 66.0 Å². The highest BCUT2D eigenvalue weighted by molar-refractivity contribution is 5.96. The standard InChI is InChI=1S/C18H17FN2O2/c19-16-9-5-4-8-15(16)18(23)20-11-13-10-17(22)21(12-13)14-6-2-1-3-7-14/h1-9,13H,10-12H2,(H,20,23). The molecule has 1 atom stereocenters. The summed E-state index contributed by atoms with van der Waals surface area (Å²) < 4.78 is 13.6. The second-order valence-electron chi connectivity index (χ2n) is 5.60. The van der Waals surface area contributed by atoms with Gasteiger partial charge in [-0.3, -0.25) is 9.59 Å². The van der Waals surface area contributed by atoms with Crippen LogP contribution in [0.4, 0.5) is 10.1 Å². The number of para-hydroxylation sites is 1. The van der Waals surface area contributed by atoms with Gasteiger partial charge in [-0.25, -0.2) is 4.39 Å². The summed E-state index contributed by atoms with van der Waals surface area (Å²) >= 11 is 0. The van der Waals surface area contributed by atoms with Gasteiger partial charge in [0.15, 0.2) is 0 Å². The maximum Gasteiger partial charge on any atom is 0.254 e. The van der Waals surface area contributed by atoms with Gasteiger partial charge >= 0.3 is 0 Å². The number of amides is 2. The average Bonchev–Trinajstić information content (AvgIpc) is 2.95. The monoisotopic (exact) mass is 312 g/mol. The van der Waals surface area contributed by atoms with Gasteiger partial charge in [-0.2, -0.15) is 0 Å². The maximum atomic E-state index is 13.6. The number of hydrogen-bond acceptors (Lipinski definition) is 2. The first-order valence-corrected chi connectivity index (χ1v) is 7.53. The number of rotatable bonds is 4. The van der Waals surface area contributed by atoms with E-state index in [1.807, 2.05) is 30.3 Å². The van der Waals surface area contributed by atoms with Crippen LogP contribution >= 0.6 is 0 Å². The number of nitrogens with one attached hydrogen (secondary N) is 1. The number of anilines is 1. The molecule has 0 radical (unpaired) electrons. The highest BCUT2D eigenvalue weighted by Gasteiger charge is 2.30. The van der Waals surface area contributed by atoms with E-state index in [0.717, 1.165) is 5.69 Å². The van der Waals surface area contributed by atoms with Gasteiger partial charge in [0.2, 0.25) is 5.91 Å². The minimum Gasteiger partial charge on any atom is -0.352 e. The Balaban J connectivity index is 1.59. The molecule has 1 N–H and O–H groups in total. The average molecular weight is 312 g/mol. The van der Waals surface area contributed by atoms with Crippen molar-refractivity contribution < 1.29 is 14.0 Å². The van der Waals surface area contributed by atoms with E-state index in [1.54, 1.807) is 17.0 Å². The first-order valence-electron chi connectivity index (χ1n) is 7.53. The van der Waals surface area contributed by atoms with Crippen molar-refractivity contribution in [1.82, 2.24) is 5.32 Å². The third-order valence-corrected chi connectivity index (χ3v) is 3.94. The van der Waals surface area contributed by atoms with E-state index in [2.05, 4.69) is 5.32 Å². The van der Waals surface area contributed by atoms with E-state index in [9.17, 15) is 14.0 Å². The van der Waals surface area contributed by atoms with Crippen molar-refractivity contribution in [2.45, 2.75) is 6.42 Å². The first kappa shape index (κ1) is 15.2. The van der Waals surface area contributed by atoms with E-state index in [0.29, 0.717) is 19.5 Å². The summed E-state index contributed by atoms with van der Waals surface area (Å²) in [5.41, 5.74) is 0.886. The molecule has 1 aliphatic heterocycles. The lowest BCUT2D eigenvalue weighted by molar-refractivity contribution is -0.117. The molecule has 1 saturated heterocycles. The van der Waals surface area contributed by atoms with Gasteiger partial charge in [0.05, 0.1) is 5.56 Å². The van der Waals surface area contributed by atoms with E-state index < -0.39 is 11.7 Å². The van der Waals surface area contributed by atoms with Gasteiger partial charge in [-0.05, 0) is 24.3 Å². The fraction of sp³-hybridized carbons (Fsp3) is 0.222. The molecule has 0 saturated carbocycles. The molecule has 1 unspecified atom stereocenters. The van der Waals surface area contributed by atoms with Gasteiger partial charge in [0, 0.05) is 31.1 Å². The number of carbonyl (C=O) groups is 2. The van der Waals surface area contributed by atoms with Gasteiger partial charge < -0.3 is 10.2 Å². The lowest BCUT2D eigenvalue weighted by Gasteiger charge is -2.16. The van der Waals surface area contributed by atoms with E-state index in [-0.39, 0.29) is 17.4 Å². The highest BCUT2D eigenvalue weighted by Crippen LogP contribution is 2.24. The lowest BCUT2D eigenvalue weighted by atomic mass is 10.1. The van der Waals surface area contributed by atoms with Crippen molar-refractivity contribution in [3.63, 3.8) is 0 Å². The molecule has 2 aromatic carbocycles. The second-order valence-corrected chi connectivity index (χ2v) is 5.60. The van der Waals surface area contributed by atoms with E-state index >= 15 is 0 Å². The fourth-order valence-corrected chi connectivity index (χ4v) is 2.75. The maximum absolute atomic E-state index is 13.6. The SMILES string of the molecule is O=C(NCC1CC(=O)N(c2ccccc2)C1)c1ccccc1F. The van der Waals surface area contributed by atoms with Gasteiger partial charge in [0.1, 0.15) is 5.82 Å². The molecular formula is C18H17FN2O2. The minimum absolute atomic E-state index is 0.0248. The quantitative estimate of drug-likeness (QED) is 0.943. The van der Waals surface area contributed by atoms with Crippen LogP contribution in [0, 0.1) is 11.7 Å². The van der Waals surface area contributed by atoms with Crippen LogP contribution in [0.2, 0.25) is 0 Å². The number of benzene rings is 2. The Kier molecular flexibility index (Phi) is 4.37. The van der Waals surface area contributed by atoms with Crippen molar-refractivity contribution in [3.8, 4) is 0 Å². The molecule has 23 heavy (non-hydrogen) atoms. The summed E-state index contributed by atoms with van der Waals surface area (Å²) in [5.74, 6) is -0.924. The molecule has 2 amide bonds. The van der Waals surface area contributed by atoms with Crippen LogP contribution in [0.3, 0.4) is 0 Å². The number of carbonyl (C=O) groups excluding carboxylic acids is 2. The molecule has 1 heterocycles. The van der Waals surface area contributed by atoms with Crippen molar-refractivity contribution in [1.29, 1.82) is 0 Å². The molecule has 2 aromatic rings. The zero-order valence-electron chi connectivity index (χ0n) is 12.5. The van der Waals surface area contributed by atoms with Crippen molar-refractivity contribution >= 4 is 17.5 Å². The molecule has 4 nitrogen and oxygen atoms in total.